The van der Waals surface area contributed by atoms with Crippen molar-refractivity contribution in [2.45, 2.75) is 44.7 Å². The molecule has 2 aromatic carbocycles. The monoisotopic (exact) mass is 500 g/mol. The fraction of sp³-hybridized carbons (Fsp3) is 0.414. The first kappa shape index (κ1) is 25.2. The summed E-state index contributed by atoms with van der Waals surface area (Å²) in [6.45, 7) is 5.23. The third kappa shape index (κ3) is 5.04. The minimum atomic E-state index is -0.831. The van der Waals surface area contributed by atoms with Crippen LogP contribution in [0.4, 0.5) is 0 Å². The number of nitrogens with two attached hydrogens (primary N) is 1. The van der Waals surface area contributed by atoms with Crippen LogP contribution < -0.4 is 11.1 Å². The van der Waals surface area contributed by atoms with E-state index in [1.165, 1.54) is 5.01 Å². The molecule has 5 rings (SSSR count). The number of fused-ring (bicyclic) bond motifs is 2. The maximum Gasteiger partial charge on any atom is 0.256 e. The SMILES string of the molecule is CN1N=C2CCN(C(=O)[C@@H](Cc3c[nH]c4ccccc34)NCC(C)(C)N)C[C@@]2(Cc2ccccc2)C1=O. The number of piperidine rings is 1. The number of likely N-dealkylation sites (tertiary alicyclic amines) is 1. The summed E-state index contributed by atoms with van der Waals surface area (Å²) in [7, 11) is 1.71. The first-order chi connectivity index (χ1) is 17.7. The summed E-state index contributed by atoms with van der Waals surface area (Å²) >= 11 is 0. The Balaban J connectivity index is 1.43. The average Bonchev–Trinajstić information content (AvgIpc) is 3.39. The summed E-state index contributed by atoms with van der Waals surface area (Å²) in [5.74, 6) is -0.0588. The van der Waals surface area contributed by atoms with E-state index >= 15 is 0 Å². The molecule has 8 nitrogen and oxygen atoms in total. The van der Waals surface area contributed by atoms with Crippen LogP contribution in [0.2, 0.25) is 0 Å². The zero-order valence-electron chi connectivity index (χ0n) is 21.8. The van der Waals surface area contributed by atoms with Gasteiger partial charge in [-0.3, -0.25) is 9.59 Å². The van der Waals surface area contributed by atoms with Crippen molar-refractivity contribution in [2.24, 2.45) is 16.3 Å². The first-order valence-electron chi connectivity index (χ1n) is 12.9. The van der Waals surface area contributed by atoms with Crippen molar-refractivity contribution in [2.75, 3.05) is 26.7 Å². The van der Waals surface area contributed by atoms with Crippen LogP contribution in [0.15, 0.2) is 65.9 Å². The molecule has 3 heterocycles. The number of benzene rings is 2. The Morgan fingerprint density at radius 1 is 1.19 bits per heavy atom. The molecule has 2 atom stereocenters. The number of carbonyl (C=O) groups is 2. The molecule has 1 saturated heterocycles. The lowest BCUT2D eigenvalue weighted by Gasteiger charge is -2.41. The predicted octanol–water partition coefficient (Wildman–Crippen LogP) is 2.70. The molecule has 0 unspecified atom stereocenters. The standard InChI is InChI=1S/C29H36N6O2/c1-28(2,30)18-32-24(15-21-17-31-23-12-8-7-11-22(21)23)26(36)35-14-13-25-29(19-35,27(37)34(3)33-25)16-20-9-5-4-6-10-20/h4-12,17,24,31-32H,13-16,18-19,30H2,1-3H3/t24-,29-/m1/s1. The van der Waals surface area contributed by atoms with Gasteiger partial charge in [0.05, 0.1) is 11.8 Å². The number of H-pyrrole nitrogens is 1. The van der Waals surface area contributed by atoms with E-state index in [4.69, 9.17) is 5.73 Å². The van der Waals surface area contributed by atoms with Crippen LogP contribution in [0.3, 0.4) is 0 Å². The first-order valence-corrected chi connectivity index (χ1v) is 12.9. The van der Waals surface area contributed by atoms with Crippen LogP contribution in [0.5, 0.6) is 0 Å². The summed E-state index contributed by atoms with van der Waals surface area (Å²) in [5, 5.41) is 10.6. The maximum atomic E-state index is 14.1. The zero-order chi connectivity index (χ0) is 26.2. The van der Waals surface area contributed by atoms with Crippen molar-refractivity contribution in [3.8, 4) is 0 Å². The molecule has 2 aliphatic rings. The van der Waals surface area contributed by atoms with Crippen LogP contribution >= 0.6 is 0 Å². The molecule has 2 aliphatic heterocycles. The topological polar surface area (TPSA) is 107 Å². The minimum Gasteiger partial charge on any atom is -0.361 e. The summed E-state index contributed by atoms with van der Waals surface area (Å²) in [6, 6.07) is 17.6. The molecule has 1 aromatic heterocycles. The Labute approximate surface area is 217 Å². The van der Waals surface area contributed by atoms with Crippen LogP contribution in [0.25, 0.3) is 10.9 Å². The number of para-hydroxylation sites is 1. The fourth-order valence-electron chi connectivity index (χ4n) is 5.59. The van der Waals surface area contributed by atoms with E-state index in [1.807, 2.05) is 73.5 Å². The van der Waals surface area contributed by atoms with Gasteiger partial charge in [0.25, 0.3) is 5.91 Å². The largest absolute Gasteiger partial charge is 0.361 e. The Morgan fingerprint density at radius 2 is 1.92 bits per heavy atom. The second kappa shape index (κ2) is 9.76. The van der Waals surface area contributed by atoms with Crippen molar-refractivity contribution in [3.63, 3.8) is 0 Å². The summed E-state index contributed by atoms with van der Waals surface area (Å²) < 4.78 is 0. The molecule has 2 amide bonds. The summed E-state index contributed by atoms with van der Waals surface area (Å²) in [6.07, 6.45) is 3.61. The number of amides is 2. The lowest BCUT2D eigenvalue weighted by atomic mass is 9.73. The molecular formula is C29H36N6O2. The highest BCUT2D eigenvalue weighted by molar-refractivity contribution is 6.13. The van der Waals surface area contributed by atoms with Gasteiger partial charge in [0.2, 0.25) is 5.91 Å². The lowest BCUT2D eigenvalue weighted by molar-refractivity contribution is -0.140. The normalized spacial score (nSPS) is 20.8. The van der Waals surface area contributed by atoms with Gasteiger partial charge < -0.3 is 20.9 Å². The molecule has 4 N–H and O–H groups in total. The van der Waals surface area contributed by atoms with Gasteiger partial charge in [-0.05, 0) is 43.9 Å². The van der Waals surface area contributed by atoms with Crippen molar-refractivity contribution >= 4 is 28.4 Å². The van der Waals surface area contributed by atoms with Crippen molar-refractivity contribution in [3.05, 3.63) is 71.9 Å². The third-order valence-electron chi connectivity index (χ3n) is 7.47. The average molecular weight is 501 g/mol. The van der Waals surface area contributed by atoms with Gasteiger partial charge in [0, 0.05) is 55.7 Å². The maximum absolute atomic E-state index is 14.1. The Kier molecular flexibility index (Phi) is 6.64. The number of aromatic amines is 1. The molecule has 0 radical (unpaired) electrons. The van der Waals surface area contributed by atoms with E-state index < -0.39 is 17.0 Å². The molecule has 3 aromatic rings. The van der Waals surface area contributed by atoms with Crippen LogP contribution in [-0.2, 0) is 22.4 Å². The highest BCUT2D eigenvalue weighted by atomic mass is 16.2. The van der Waals surface area contributed by atoms with Crippen molar-refractivity contribution in [1.29, 1.82) is 0 Å². The fourth-order valence-corrected chi connectivity index (χ4v) is 5.59. The van der Waals surface area contributed by atoms with Gasteiger partial charge >= 0.3 is 0 Å². The number of hydrogen-bond donors (Lipinski definition) is 3. The van der Waals surface area contributed by atoms with Crippen molar-refractivity contribution in [1.82, 2.24) is 20.2 Å². The molecule has 194 valence electrons. The molecule has 0 aliphatic carbocycles. The van der Waals surface area contributed by atoms with Gasteiger partial charge in [0.15, 0.2) is 0 Å². The highest BCUT2D eigenvalue weighted by Gasteiger charge is 2.53. The van der Waals surface area contributed by atoms with E-state index in [0.717, 1.165) is 27.7 Å². The number of nitrogens with zero attached hydrogens (tertiary/aromatic N) is 3. The Hall–Kier alpha value is -3.49. The zero-order valence-corrected chi connectivity index (χ0v) is 21.8. The number of hydrazone groups is 1. The van der Waals surface area contributed by atoms with Crippen molar-refractivity contribution < 1.29 is 9.59 Å². The van der Waals surface area contributed by atoms with E-state index in [0.29, 0.717) is 38.9 Å². The molecular weight excluding hydrogens is 464 g/mol. The van der Waals surface area contributed by atoms with Gasteiger partial charge in [-0.15, -0.1) is 0 Å². The number of hydrogen-bond acceptors (Lipinski definition) is 5. The van der Waals surface area contributed by atoms with Crippen LogP contribution in [0, 0.1) is 5.41 Å². The second-order valence-electron chi connectivity index (χ2n) is 11.1. The molecule has 8 heteroatoms. The van der Waals surface area contributed by atoms with Gasteiger partial charge in [-0.1, -0.05) is 48.5 Å². The van der Waals surface area contributed by atoms with Crippen LogP contribution in [0.1, 0.15) is 31.4 Å². The predicted molar refractivity (Wildman–Crippen MR) is 146 cm³/mol. The third-order valence-corrected chi connectivity index (χ3v) is 7.47. The van der Waals surface area contributed by atoms with Gasteiger partial charge in [-0.25, -0.2) is 5.01 Å². The van der Waals surface area contributed by atoms with E-state index in [1.54, 1.807) is 7.05 Å². The smallest absolute Gasteiger partial charge is 0.256 e. The molecule has 0 saturated carbocycles. The number of carbonyl (C=O) groups excluding carboxylic acids is 2. The minimum absolute atomic E-state index is 0.0108. The summed E-state index contributed by atoms with van der Waals surface area (Å²) in [4.78, 5) is 32.8. The lowest BCUT2D eigenvalue weighted by Crippen LogP contribution is -2.59. The van der Waals surface area contributed by atoms with Crippen LogP contribution in [-0.4, -0.2) is 70.7 Å². The number of nitrogens with one attached hydrogen (secondary N) is 2. The van der Waals surface area contributed by atoms with E-state index in [2.05, 4.69) is 21.5 Å². The Morgan fingerprint density at radius 3 is 2.68 bits per heavy atom. The van der Waals surface area contributed by atoms with E-state index in [-0.39, 0.29) is 11.8 Å². The molecule has 0 bridgehead atoms. The second-order valence-corrected chi connectivity index (χ2v) is 11.1. The van der Waals surface area contributed by atoms with Gasteiger partial charge in [-0.2, -0.15) is 5.10 Å². The van der Waals surface area contributed by atoms with E-state index in [9.17, 15) is 9.59 Å². The quantitative estimate of drug-likeness (QED) is 0.442. The Bertz CT molecular complexity index is 1320. The summed E-state index contributed by atoms with van der Waals surface area (Å²) in [5.41, 5.74) is 9.03. The molecule has 0 spiro atoms. The molecule has 1 fully saturated rings. The number of aromatic nitrogens is 1. The highest BCUT2D eigenvalue weighted by Crippen LogP contribution is 2.38. The number of rotatable bonds is 8. The molecule has 37 heavy (non-hydrogen) atoms. The van der Waals surface area contributed by atoms with Gasteiger partial charge in [0.1, 0.15) is 5.41 Å².